The highest BCUT2D eigenvalue weighted by atomic mass is 19.1. The largest absolute Gasteiger partial charge is 0.491 e. The zero-order valence-electron chi connectivity index (χ0n) is 65.9. The highest BCUT2D eigenvalue weighted by Gasteiger charge is 2.22. The van der Waals surface area contributed by atoms with Gasteiger partial charge in [0.15, 0.2) is 23.1 Å². The van der Waals surface area contributed by atoms with Gasteiger partial charge in [0, 0.05) is 83.3 Å². The van der Waals surface area contributed by atoms with Crippen molar-refractivity contribution in [1.82, 2.24) is 0 Å². The smallest absolute Gasteiger partial charge is 0.343 e. The molecule has 0 unspecified atom stereocenters. The minimum absolute atomic E-state index is 0.204. The fourth-order valence-corrected chi connectivity index (χ4v) is 11.0. The van der Waals surface area contributed by atoms with Gasteiger partial charge in [-0.25, -0.2) is 28.0 Å². The SMILES string of the molecule is C=CC(=O)OCCc1ccc(C#Cc2ccc(COc3ccc(C#Cc4ccc(CCOC(=O)C=C)cc4)cc3C(=O)OC(C)(C)C)cc2)cc1.CC(=O)OCCCCCCCCCCOc1ccc(C#Cc2ccc(OC(=O)c3ccc(C#Cc4ccc(OCCCCCCCCCCOC(C)=O)c(F)c4)cc3)cc2)cc1F. The minimum atomic E-state index is -0.692. The lowest BCUT2D eigenvalue weighted by atomic mass is 10.1. The van der Waals surface area contributed by atoms with E-state index in [1.54, 1.807) is 91.0 Å². The van der Waals surface area contributed by atoms with E-state index in [0.717, 1.165) is 148 Å². The Labute approximate surface area is 670 Å². The van der Waals surface area contributed by atoms with Crippen molar-refractivity contribution in [2.45, 2.75) is 162 Å². The lowest BCUT2D eigenvalue weighted by Crippen LogP contribution is -2.24. The molecule has 8 aromatic carbocycles. The lowest BCUT2D eigenvalue weighted by molar-refractivity contribution is -0.142. The molecule has 0 fully saturated rings. The Morgan fingerprint density at radius 3 is 1.04 bits per heavy atom. The predicted molar refractivity (Wildman–Crippen MR) is 438 cm³/mol. The van der Waals surface area contributed by atoms with Gasteiger partial charge in [-0.15, -0.1) is 0 Å². The van der Waals surface area contributed by atoms with E-state index in [2.05, 4.69) is 60.5 Å². The molecule has 0 aromatic heterocycles. The van der Waals surface area contributed by atoms with Crippen molar-refractivity contribution in [3.8, 4) is 70.4 Å². The van der Waals surface area contributed by atoms with Gasteiger partial charge in [-0.3, -0.25) is 9.59 Å². The Balaban J connectivity index is 0.000000323. The van der Waals surface area contributed by atoms with E-state index in [9.17, 15) is 37.5 Å². The van der Waals surface area contributed by atoms with E-state index < -0.39 is 41.1 Å². The van der Waals surface area contributed by atoms with E-state index in [4.69, 9.17) is 42.6 Å². The second-order valence-electron chi connectivity index (χ2n) is 27.7. The molecule has 17 heteroatoms. The van der Waals surface area contributed by atoms with Gasteiger partial charge < -0.3 is 42.6 Å². The Hall–Kier alpha value is -12.4. The van der Waals surface area contributed by atoms with Crippen LogP contribution >= 0.6 is 0 Å². The van der Waals surface area contributed by atoms with Crippen LogP contribution in [0.25, 0.3) is 0 Å². The van der Waals surface area contributed by atoms with Crippen molar-refractivity contribution < 1.29 is 80.2 Å². The van der Waals surface area contributed by atoms with Crippen molar-refractivity contribution >= 4 is 35.8 Å². The van der Waals surface area contributed by atoms with Crippen LogP contribution in [0, 0.1) is 59.0 Å². The number of unbranched alkanes of at least 4 members (excludes halogenated alkanes) is 14. The number of carbonyl (C=O) groups excluding carboxylic acids is 6. The van der Waals surface area contributed by atoms with Crippen LogP contribution in [-0.2, 0) is 62.3 Å². The fourth-order valence-electron chi connectivity index (χ4n) is 11.0. The molecule has 0 atom stereocenters. The molecule has 0 heterocycles. The third-order valence-corrected chi connectivity index (χ3v) is 17.1. The molecule has 8 aromatic rings. The summed E-state index contributed by atoms with van der Waals surface area (Å²) >= 11 is 0. The number of rotatable bonds is 38. The normalized spacial score (nSPS) is 10.4. The van der Waals surface area contributed by atoms with Crippen LogP contribution in [0.2, 0.25) is 0 Å². The molecule has 15 nitrogen and oxygen atoms in total. The van der Waals surface area contributed by atoms with Crippen molar-refractivity contribution in [1.29, 1.82) is 0 Å². The van der Waals surface area contributed by atoms with Crippen LogP contribution in [0.1, 0.15) is 219 Å². The van der Waals surface area contributed by atoms with Crippen molar-refractivity contribution in [2.75, 3.05) is 39.6 Å². The quantitative estimate of drug-likeness (QED) is 0.00888. The van der Waals surface area contributed by atoms with Gasteiger partial charge in [-0.1, -0.05) is 174 Å². The van der Waals surface area contributed by atoms with E-state index >= 15 is 0 Å². The topological polar surface area (TPSA) is 185 Å². The number of hydrogen-bond acceptors (Lipinski definition) is 15. The van der Waals surface area contributed by atoms with Gasteiger partial charge >= 0.3 is 35.8 Å². The minimum Gasteiger partial charge on any atom is -0.491 e. The highest BCUT2D eigenvalue weighted by molar-refractivity contribution is 5.93. The first kappa shape index (κ1) is 88.8. The summed E-state index contributed by atoms with van der Waals surface area (Å²) in [7, 11) is 0. The molecule has 0 saturated carbocycles. The maximum atomic E-state index is 14.7. The van der Waals surface area contributed by atoms with Crippen LogP contribution in [0.15, 0.2) is 201 Å². The van der Waals surface area contributed by atoms with E-state index in [1.165, 1.54) is 26.0 Å². The number of ether oxygens (including phenoxy) is 9. The molecule has 0 bridgehead atoms. The molecule has 0 radical (unpaired) electrons. The molecular weight excluding hydrogens is 1440 g/mol. The first-order valence-corrected chi connectivity index (χ1v) is 38.6. The molecule has 0 aliphatic carbocycles. The number of halogens is 2. The molecular formula is C97H100F2O15. The summed E-state index contributed by atoms with van der Waals surface area (Å²) in [5.41, 5.74) is 8.39. The molecule has 0 amide bonds. The van der Waals surface area contributed by atoms with Gasteiger partial charge in [0.25, 0.3) is 0 Å². The van der Waals surface area contributed by atoms with E-state index in [1.807, 2.05) is 93.6 Å². The molecule has 0 saturated heterocycles. The standard InChI is InChI=1S/C53H60F2O8.C44H40O7/c1-41(56)59-35-15-11-7-3-5-9-13-17-37-61-51-33-27-45(39-49(51)54)21-19-43-23-29-47(30-24-43)53(58)63-48-31-25-44(26-32-48)20-22-46-28-34-52(50(55)40-46)62-38-18-14-10-6-4-8-12-16-36-60-42(2)57;1-6-41(45)48-28-26-35-14-10-32(11-15-35)8-9-34-19-22-38(23-20-34)31-50-40-25-24-37(30-39(40)43(47)51-44(3,4)5)21-18-33-12-16-36(17-13-33)27-29-49-42(46)7-2/h23-34,39-40H,3-18,35-38H2,1-2H3;6-7,10-17,19-20,22-25,30H,1-2,26-29,31H2,3-5H3. The maximum absolute atomic E-state index is 14.7. The summed E-state index contributed by atoms with van der Waals surface area (Å²) in [4.78, 5) is 70.0. The first-order chi connectivity index (χ1) is 55.2. The van der Waals surface area contributed by atoms with Crippen molar-refractivity contribution in [2.24, 2.45) is 0 Å². The second-order valence-corrected chi connectivity index (χ2v) is 27.7. The van der Waals surface area contributed by atoms with Gasteiger partial charge in [-0.05, 0) is 203 Å². The average Bonchev–Trinajstić information content (AvgIpc) is 0.826. The number of hydrogen-bond donors (Lipinski definition) is 0. The molecule has 114 heavy (non-hydrogen) atoms. The summed E-state index contributed by atoms with van der Waals surface area (Å²) < 4.78 is 78.0. The van der Waals surface area contributed by atoms with Crippen LogP contribution in [-0.4, -0.2) is 81.1 Å². The Bertz CT molecular complexity index is 4720. The van der Waals surface area contributed by atoms with Crippen LogP contribution in [0.5, 0.6) is 23.0 Å². The third-order valence-electron chi connectivity index (χ3n) is 17.1. The van der Waals surface area contributed by atoms with Crippen LogP contribution < -0.4 is 18.9 Å². The summed E-state index contributed by atoms with van der Waals surface area (Å²) in [6.07, 6.45) is 20.2. The number of benzene rings is 8. The fraction of sp³-hybridized carbons (Fsp3) is 0.320. The Kier molecular flexibility index (Phi) is 38.7. The highest BCUT2D eigenvalue weighted by Crippen LogP contribution is 2.27. The van der Waals surface area contributed by atoms with Gasteiger partial charge in [-0.2, -0.15) is 0 Å². The van der Waals surface area contributed by atoms with Crippen LogP contribution in [0.3, 0.4) is 0 Å². The Morgan fingerprint density at radius 2 is 0.675 bits per heavy atom. The zero-order chi connectivity index (χ0) is 81.6. The summed E-state index contributed by atoms with van der Waals surface area (Å²) in [6, 6.07) is 51.1. The predicted octanol–water partition coefficient (Wildman–Crippen LogP) is 19.7. The third kappa shape index (κ3) is 35.7. The Morgan fingerprint density at radius 1 is 0.351 bits per heavy atom. The summed E-state index contributed by atoms with van der Waals surface area (Å²) in [6.45, 7) is 17.8. The van der Waals surface area contributed by atoms with Crippen molar-refractivity contribution in [3.63, 3.8) is 0 Å². The van der Waals surface area contributed by atoms with Gasteiger partial charge in [0.1, 0.15) is 29.3 Å². The van der Waals surface area contributed by atoms with Crippen molar-refractivity contribution in [3.05, 3.63) is 285 Å². The summed E-state index contributed by atoms with van der Waals surface area (Å²) in [5.74, 6) is 22.4. The zero-order valence-corrected chi connectivity index (χ0v) is 65.9. The molecule has 8 rings (SSSR count). The second kappa shape index (κ2) is 49.7. The number of carbonyl (C=O) groups is 6. The number of esters is 6. The first-order valence-electron chi connectivity index (χ1n) is 38.6. The molecule has 0 aliphatic rings. The van der Waals surface area contributed by atoms with Crippen LogP contribution in [0.4, 0.5) is 8.78 Å². The molecule has 0 spiro atoms. The molecule has 592 valence electrons. The van der Waals surface area contributed by atoms with E-state index in [0.29, 0.717) is 90.8 Å². The maximum Gasteiger partial charge on any atom is 0.343 e. The lowest BCUT2D eigenvalue weighted by Gasteiger charge is -2.20. The molecule has 0 N–H and O–H groups in total. The average molecular weight is 1540 g/mol. The van der Waals surface area contributed by atoms with Gasteiger partial charge in [0.2, 0.25) is 0 Å². The van der Waals surface area contributed by atoms with Gasteiger partial charge in [0.05, 0.1) is 45.2 Å². The van der Waals surface area contributed by atoms with E-state index in [-0.39, 0.29) is 42.2 Å². The summed E-state index contributed by atoms with van der Waals surface area (Å²) in [5, 5.41) is 0. The molecule has 0 aliphatic heterocycles. The monoisotopic (exact) mass is 1540 g/mol.